The maximum absolute atomic E-state index is 12.4. The van der Waals surface area contributed by atoms with Crippen molar-refractivity contribution < 1.29 is 14.3 Å². The topological polar surface area (TPSA) is 50.8 Å². The highest BCUT2D eigenvalue weighted by Gasteiger charge is 2.25. The zero-order valence-corrected chi connectivity index (χ0v) is 15.3. The van der Waals surface area contributed by atoms with Crippen molar-refractivity contribution in [1.29, 1.82) is 0 Å². The van der Waals surface area contributed by atoms with Gasteiger partial charge in [-0.1, -0.05) is 30.4 Å². The molecular formula is C21H26N2O3. The minimum atomic E-state index is -0.0449. The lowest BCUT2D eigenvalue weighted by Gasteiger charge is -2.30. The molecule has 0 aromatic heterocycles. The van der Waals surface area contributed by atoms with E-state index in [0.717, 1.165) is 48.7 Å². The number of allylic oxidation sites excluding steroid dienone is 2. The average molecular weight is 354 g/mol. The first-order valence-electron chi connectivity index (χ1n) is 9.06. The number of benzene rings is 1. The van der Waals surface area contributed by atoms with Gasteiger partial charge in [0.05, 0.1) is 12.2 Å². The number of hydrogen-bond acceptors (Lipinski definition) is 4. The molecule has 1 N–H and O–H groups in total. The van der Waals surface area contributed by atoms with Gasteiger partial charge >= 0.3 is 0 Å². The van der Waals surface area contributed by atoms with Gasteiger partial charge in [-0.3, -0.25) is 4.79 Å². The summed E-state index contributed by atoms with van der Waals surface area (Å²) in [6.07, 6.45) is 3.88. The Hall–Kier alpha value is -2.53. The lowest BCUT2D eigenvalue weighted by atomic mass is 10.0. The van der Waals surface area contributed by atoms with Crippen molar-refractivity contribution in [1.82, 2.24) is 10.2 Å². The van der Waals surface area contributed by atoms with Crippen molar-refractivity contribution in [2.75, 3.05) is 32.8 Å². The van der Waals surface area contributed by atoms with E-state index in [1.54, 1.807) is 4.90 Å². The summed E-state index contributed by atoms with van der Waals surface area (Å²) < 4.78 is 11.3. The molecule has 2 aliphatic heterocycles. The van der Waals surface area contributed by atoms with Gasteiger partial charge in [-0.15, -0.1) is 0 Å². The molecule has 1 saturated heterocycles. The van der Waals surface area contributed by atoms with Crippen LogP contribution < -0.4 is 10.1 Å². The second kappa shape index (κ2) is 8.72. The summed E-state index contributed by atoms with van der Waals surface area (Å²) in [7, 11) is 0. The molecular weight excluding hydrogens is 328 g/mol. The molecule has 26 heavy (non-hydrogen) atoms. The Morgan fingerprint density at radius 2 is 2.04 bits per heavy atom. The SMILES string of the molecule is C=C1CCNCC/C1=C/C1=C(C)OCC(=O)N1CCOc1ccccc1. The Balaban J connectivity index is 1.74. The van der Waals surface area contributed by atoms with Gasteiger partial charge in [-0.05, 0) is 56.6 Å². The third-order valence-electron chi connectivity index (χ3n) is 4.63. The molecule has 0 radical (unpaired) electrons. The molecule has 1 aromatic carbocycles. The zero-order chi connectivity index (χ0) is 18.4. The molecule has 2 heterocycles. The monoisotopic (exact) mass is 354 g/mol. The molecule has 0 aliphatic carbocycles. The first-order valence-corrected chi connectivity index (χ1v) is 9.06. The van der Waals surface area contributed by atoms with E-state index in [2.05, 4.69) is 18.0 Å². The third kappa shape index (κ3) is 4.55. The molecule has 3 rings (SSSR count). The van der Waals surface area contributed by atoms with Gasteiger partial charge in [-0.2, -0.15) is 0 Å². The molecule has 5 nitrogen and oxygen atoms in total. The van der Waals surface area contributed by atoms with Crippen LogP contribution in [0.3, 0.4) is 0 Å². The number of carbonyl (C=O) groups is 1. The normalized spacial score (nSPS) is 20.2. The van der Waals surface area contributed by atoms with Crippen LogP contribution in [0.5, 0.6) is 5.75 Å². The van der Waals surface area contributed by atoms with Crippen LogP contribution in [0.1, 0.15) is 19.8 Å². The molecule has 0 atom stereocenters. The molecule has 1 amide bonds. The first kappa shape index (κ1) is 18.3. The van der Waals surface area contributed by atoms with Crippen LogP contribution in [-0.4, -0.2) is 43.7 Å². The highest BCUT2D eigenvalue weighted by atomic mass is 16.5. The third-order valence-corrected chi connectivity index (χ3v) is 4.63. The highest BCUT2D eigenvalue weighted by Crippen LogP contribution is 2.25. The summed E-state index contributed by atoms with van der Waals surface area (Å²) in [5, 5.41) is 3.38. The van der Waals surface area contributed by atoms with Crippen LogP contribution in [0.2, 0.25) is 0 Å². The Bertz CT molecular complexity index is 722. The van der Waals surface area contributed by atoms with Crippen molar-refractivity contribution in [2.24, 2.45) is 0 Å². The Labute approximate surface area is 155 Å². The van der Waals surface area contributed by atoms with Gasteiger partial charge in [0.15, 0.2) is 6.61 Å². The van der Waals surface area contributed by atoms with E-state index in [4.69, 9.17) is 9.47 Å². The number of carbonyl (C=O) groups excluding carboxylic acids is 1. The number of nitrogens with zero attached hydrogens (tertiary/aromatic N) is 1. The van der Waals surface area contributed by atoms with Gasteiger partial charge in [-0.25, -0.2) is 0 Å². The summed E-state index contributed by atoms with van der Waals surface area (Å²) in [6.45, 7) is 8.95. The standard InChI is InChI=1S/C21H26N2O3/c1-16-8-10-22-11-9-18(16)14-20-17(2)26-15-21(24)23(20)12-13-25-19-6-4-3-5-7-19/h3-7,14,22H,1,8-13,15H2,2H3/b18-14-. The first-order chi connectivity index (χ1) is 12.6. The molecule has 0 bridgehead atoms. The number of para-hydroxylation sites is 1. The van der Waals surface area contributed by atoms with Crippen LogP contribution in [0.15, 0.2) is 65.6 Å². The van der Waals surface area contributed by atoms with Crippen LogP contribution in [-0.2, 0) is 9.53 Å². The minimum Gasteiger partial charge on any atom is -0.492 e. The fraction of sp³-hybridized carbons (Fsp3) is 0.381. The fourth-order valence-corrected chi connectivity index (χ4v) is 3.11. The number of nitrogens with one attached hydrogen (secondary N) is 1. The van der Waals surface area contributed by atoms with Crippen molar-refractivity contribution in [3.05, 3.63) is 65.6 Å². The molecule has 0 saturated carbocycles. The molecule has 0 spiro atoms. The molecule has 1 aromatic rings. The number of hydrogen-bond donors (Lipinski definition) is 1. The zero-order valence-electron chi connectivity index (χ0n) is 15.3. The predicted octanol–water partition coefficient (Wildman–Crippen LogP) is 3.02. The Morgan fingerprint density at radius 3 is 2.85 bits per heavy atom. The number of ether oxygens (including phenoxy) is 2. The van der Waals surface area contributed by atoms with E-state index < -0.39 is 0 Å². The summed E-state index contributed by atoms with van der Waals surface area (Å²) in [4.78, 5) is 14.2. The van der Waals surface area contributed by atoms with Gasteiger partial charge in [0.25, 0.3) is 5.91 Å². The van der Waals surface area contributed by atoms with Crippen molar-refractivity contribution in [2.45, 2.75) is 19.8 Å². The second-order valence-corrected chi connectivity index (χ2v) is 6.46. The van der Waals surface area contributed by atoms with Gasteiger partial charge < -0.3 is 19.7 Å². The lowest BCUT2D eigenvalue weighted by Crippen LogP contribution is -2.39. The maximum atomic E-state index is 12.4. The van der Waals surface area contributed by atoms with E-state index in [0.29, 0.717) is 13.2 Å². The molecule has 5 heteroatoms. The Kier molecular flexibility index (Phi) is 6.12. The molecule has 1 fully saturated rings. The van der Waals surface area contributed by atoms with Crippen molar-refractivity contribution in [3.63, 3.8) is 0 Å². The van der Waals surface area contributed by atoms with E-state index >= 15 is 0 Å². The van der Waals surface area contributed by atoms with Crippen molar-refractivity contribution in [3.8, 4) is 5.75 Å². The number of rotatable bonds is 5. The highest BCUT2D eigenvalue weighted by molar-refractivity contribution is 5.81. The predicted molar refractivity (Wildman–Crippen MR) is 102 cm³/mol. The van der Waals surface area contributed by atoms with Crippen LogP contribution in [0, 0.1) is 0 Å². The van der Waals surface area contributed by atoms with E-state index in [1.165, 1.54) is 5.57 Å². The fourth-order valence-electron chi connectivity index (χ4n) is 3.11. The summed E-state index contributed by atoms with van der Waals surface area (Å²) in [5.74, 6) is 1.52. The van der Waals surface area contributed by atoms with E-state index in [1.807, 2.05) is 37.3 Å². The second-order valence-electron chi connectivity index (χ2n) is 6.46. The van der Waals surface area contributed by atoms with Crippen molar-refractivity contribution >= 4 is 5.91 Å². The van der Waals surface area contributed by atoms with Gasteiger partial charge in [0.1, 0.15) is 18.1 Å². The summed E-state index contributed by atoms with van der Waals surface area (Å²) >= 11 is 0. The van der Waals surface area contributed by atoms with Gasteiger partial charge in [0.2, 0.25) is 0 Å². The summed E-state index contributed by atoms with van der Waals surface area (Å²) in [5.41, 5.74) is 3.11. The van der Waals surface area contributed by atoms with Crippen LogP contribution in [0.25, 0.3) is 0 Å². The van der Waals surface area contributed by atoms with E-state index in [-0.39, 0.29) is 12.5 Å². The molecule has 0 unspecified atom stereocenters. The maximum Gasteiger partial charge on any atom is 0.265 e. The Morgan fingerprint density at radius 1 is 1.27 bits per heavy atom. The largest absolute Gasteiger partial charge is 0.492 e. The van der Waals surface area contributed by atoms with E-state index in [9.17, 15) is 4.79 Å². The lowest BCUT2D eigenvalue weighted by molar-refractivity contribution is -0.135. The number of amides is 1. The smallest absolute Gasteiger partial charge is 0.265 e. The molecule has 2 aliphatic rings. The van der Waals surface area contributed by atoms with Crippen LogP contribution >= 0.6 is 0 Å². The minimum absolute atomic E-state index is 0.0449. The quantitative estimate of drug-likeness (QED) is 0.883. The summed E-state index contributed by atoms with van der Waals surface area (Å²) in [6, 6.07) is 9.63. The average Bonchev–Trinajstić information content (AvgIpc) is 2.85. The molecule has 138 valence electrons. The van der Waals surface area contributed by atoms with Gasteiger partial charge in [0, 0.05) is 0 Å². The van der Waals surface area contributed by atoms with Crippen LogP contribution in [0.4, 0.5) is 0 Å².